The Morgan fingerprint density at radius 1 is 1.42 bits per heavy atom. The molecule has 0 fully saturated rings. The van der Waals surface area contributed by atoms with Crippen molar-refractivity contribution in [1.82, 2.24) is 0 Å². The summed E-state index contributed by atoms with van der Waals surface area (Å²) in [5.74, 6) is 0. The van der Waals surface area contributed by atoms with Gasteiger partial charge in [-0.25, -0.2) is 0 Å². The maximum atomic E-state index is 5.67. The van der Waals surface area contributed by atoms with E-state index in [1.54, 1.807) is 0 Å². The Balaban J connectivity index is 2.57. The van der Waals surface area contributed by atoms with Crippen LogP contribution in [0.15, 0.2) is 18.2 Å². The first kappa shape index (κ1) is 7.87. The summed E-state index contributed by atoms with van der Waals surface area (Å²) >= 11 is 0. The van der Waals surface area contributed by atoms with E-state index in [1.807, 2.05) is 0 Å². The molecule has 1 aromatic rings. The lowest BCUT2D eigenvalue weighted by molar-refractivity contribution is -0.00786. The van der Waals surface area contributed by atoms with Crippen LogP contribution >= 0.6 is 0 Å². The molecule has 0 aliphatic carbocycles. The standard InChI is InChI=1S/C10H13BO/c1-10(2)9-5-8(11)4-3-7(9)6-12-10/h3-5H,6,11H2,1-2H3. The summed E-state index contributed by atoms with van der Waals surface area (Å²) in [5.41, 5.74) is 3.92. The van der Waals surface area contributed by atoms with Crippen LogP contribution in [0.3, 0.4) is 0 Å². The summed E-state index contributed by atoms with van der Waals surface area (Å²) in [6.07, 6.45) is 0. The number of ether oxygens (including phenoxy) is 1. The maximum Gasteiger partial charge on any atom is 0.139 e. The third-order valence-corrected chi connectivity index (χ3v) is 2.50. The smallest absolute Gasteiger partial charge is 0.139 e. The molecule has 0 aromatic heterocycles. The summed E-state index contributed by atoms with van der Waals surface area (Å²) in [6, 6.07) is 6.53. The number of hydrogen-bond donors (Lipinski definition) is 0. The molecule has 1 heterocycles. The first-order chi connectivity index (χ1) is 5.59. The number of hydrogen-bond acceptors (Lipinski definition) is 1. The van der Waals surface area contributed by atoms with Crippen LogP contribution in [0, 0.1) is 0 Å². The number of fused-ring (bicyclic) bond motifs is 1. The predicted molar refractivity (Wildman–Crippen MR) is 52.4 cm³/mol. The van der Waals surface area contributed by atoms with Crippen molar-refractivity contribution in [2.75, 3.05) is 0 Å². The van der Waals surface area contributed by atoms with Crippen molar-refractivity contribution in [3.63, 3.8) is 0 Å². The second-order valence-electron chi connectivity index (χ2n) is 3.96. The first-order valence-corrected chi connectivity index (χ1v) is 4.33. The van der Waals surface area contributed by atoms with Gasteiger partial charge in [0.2, 0.25) is 0 Å². The molecule has 0 saturated heterocycles. The van der Waals surface area contributed by atoms with Gasteiger partial charge in [-0.15, -0.1) is 0 Å². The van der Waals surface area contributed by atoms with Crippen molar-refractivity contribution in [3.8, 4) is 0 Å². The van der Waals surface area contributed by atoms with Gasteiger partial charge in [-0.05, 0) is 25.0 Å². The average molecular weight is 160 g/mol. The molecule has 2 rings (SSSR count). The average Bonchev–Trinajstić information content (AvgIpc) is 2.28. The lowest BCUT2D eigenvalue weighted by atomic mass is 9.88. The quantitative estimate of drug-likeness (QED) is 0.508. The summed E-state index contributed by atoms with van der Waals surface area (Å²) < 4.78 is 5.67. The van der Waals surface area contributed by atoms with Crippen LogP contribution in [0.25, 0.3) is 0 Å². The first-order valence-electron chi connectivity index (χ1n) is 4.33. The SMILES string of the molecule is Bc1ccc2c(c1)C(C)(C)OC2. The Labute approximate surface area is 74.2 Å². The molecule has 0 amide bonds. The van der Waals surface area contributed by atoms with Gasteiger partial charge in [0.05, 0.1) is 12.2 Å². The van der Waals surface area contributed by atoms with Gasteiger partial charge >= 0.3 is 0 Å². The molecule has 2 heteroatoms. The number of benzene rings is 1. The Hall–Kier alpha value is -0.755. The van der Waals surface area contributed by atoms with Crippen LogP contribution in [-0.2, 0) is 16.9 Å². The van der Waals surface area contributed by atoms with Crippen LogP contribution in [0.2, 0.25) is 0 Å². The summed E-state index contributed by atoms with van der Waals surface area (Å²) in [4.78, 5) is 0. The topological polar surface area (TPSA) is 9.23 Å². The second kappa shape index (κ2) is 2.36. The minimum absolute atomic E-state index is 0.0820. The molecular weight excluding hydrogens is 147 g/mol. The summed E-state index contributed by atoms with van der Waals surface area (Å²) in [7, 11) is 2.12. The van der Waals surface area contributed by atoms with Crippen LogP contribution in [0.1, 0.15) is 25.0 Å². The molecule has 0 saturated carbocycles. The molecule has 0 radical (unpaired) electrons. The Kier molecular flexibility index (Phi) is 1.55. The third kappa shape index (κ3) is 1.07. The van der Waals surface area contributed by atoms with Gasteiger partial charge in [0, 0.05) is 0 Å². The van der Waals surface area contributed by atoms with Crippen molar-refractivity contribution < 1.29 is 4.74 Å². The van der Waals surface area contributed by atoms with Crippen molar-refractivity contribution in [3.05, 3.63) is 29.3 Å². The van der Waals surface area contributed by atoms with Crippen molar-refractivity contribution in [2.45, 2.75) is 26.1 Å². The molecular formula is C10H13BO. The molecule has 0 unspecified atom stereocenters. The molecule has 1 aliphatic rings. The number of rotatable bonds is 0. The van der Waals surface area contributed by atoms with Crippen LogP contribution in [0.4, 0.5) is 0 Å². The fraction of sp³-hybridized carbons (Fsp3) is 0.400. The fourth-order valence-electron chi connectivity index (χ4n) is 1.71. The van der Waals surface area contributed by atoms with E-state index in [9.17, 15) is 0 Å². The monoisotopic (exact) mass is 160 g/mol. The van der Waals surface area contributed by atoms with Crippen molar-refractivity contribution >= 4 is 13.3 Å². The predicted octanol–water partition coefficient (Wildman–Crippen LogP) is 0.710. The van der Waals surface area contributed by atoms with Crippen molar-refractivity contribution in [2.24, 2.45) is 0 Å². The minimum Gasteiger partial charge on any atom is -0.366 e. The zero-order valence-corrected chi connectivity index (χ0v) is 7.85. The molecule has 0 spiro atoms. The van der Waals surface area contributed by atoms with E-state index in [0.717, 1.165) is 6.61 Å². The van der Waals surface area contributed by atoms with Crippen LogP contribution < -0.4 is 5.46 Å². The Morgan fingerprint density at radius 2 is 2.17 bits per heavy atom. The molecule has 0 atom stereocenters. The summed E-state index contributed by atoms with van der Waals surface area (Å²) in [5, 5.41) is 0. The highest BCUT2D eigenvalue weighted by Gasteiger charge is 2.30. The van der Waals surface area contributed by atoms with Crippen LogP contribution in [-0.4, -0.2) is 7.85 Å². The van der Waals surface area contributed by atoms with E-state index < -0.39 is 0 Å². The zero-order valence-electron chi connectivity index (χ0n) is 7.85. The van der Waals surface area contributed by atoms with Gasteiger partial charge in [0.1, 0.15) is 7.85 Å². The molecule has 12 heavy (non-hydrogen) atoms. The highest BCUT2D eigenvalue weighted by atomic mass is 16.5. The van der Waals surface area contributed by atoms with E-state index in [-0.39, 0.29) is 5.60 Å². The fourth-order valence-corrected chi connectivity index (χ4v) is 1.71. The lowest BCUT2D eigenvalue weighted by Gasteiger charge is -2.18. The molecule has 0 bridgehead atoms. The molecule has 1 nitrogen and oxygen atoms in total. The largest absolute Gasteiger partial charge is 0.366 e. The van der Waals surface area contributed by atoms with Crippen molar-refractivity contribution in [1.29, 1.82) is 0 Å². The highest BCUT2D eigenvalue weighted by molar-refractivity contribution is 6.32. The van der Waals surface area contributed by atoms with E-state index in [2.05, 4.69) is 39.9 Å². The minimum atomic E-state index is -0.0820. The van der Waals surface area contributed by atoms with E-state index in [0.29, 0.717) is 0 Å². The van der Waals surface area contributed by atoms with E-state index in [4.69, 9.17) is 4.74 Å². The van der Waals surface area contributed by atoms with Gasteiger partial charge < -0.3 is 4.74 Å². The van der Waals surface area contributed by atoms with E-state index >= 15 is 0 Å². The van der Waals surface area contributed by atoms with E-state index in [1.165, 1.54) is 16.6 Å². The highest BCUT2D eigenvalue weighted by Crippen LogP contribution is 2.34. The second-order valence-corrected chi connectivity index (χ2v) is 3.96. The normalized spacial score (nSPS) is 19.2. The van der Waals surface area contributed by atoms with Gasteiger partial charge in [-0.3, -0.25) is 0 Å². The molecule has 0 N–H and O–H groups in total. The maximum absolute atomic E-state index is 5.67. The zero-order chi connectivity index (χ0) is 8.77. The summed E-state index contributed by atoms with van der Waals surface area (Å²) in [6.45, 7) is 5.01. The Morgan fingerprint density at radius 3 is 2.92 bits per heavy atom. The molecule has 62 valence electrons. The lowest BCUT2D eigenvalue weighted by Crippen LogP contribution is -2.16. The van der Waals surface area contributed by atoms with Gasteiger partial charge in [-0.1, -0.05) is 23.7 Å². The Bertz CT molecular complexity index is 318. The van der Waals surface area contributed by atoms with Gasteiger partial charge in [-0.2, -0.15) is 0 Å². The third-order valence-electron chi connectivity index (χ3n) is 2.50. The van der Waals surface area contributed by atoms with Gasteiger partial charge in [0.25, 0.3) is 0 Å². The van der Waals surface area contributed by atoms with Crippen LogP contribution in [0.5, 0.6) is 0 Å². The molecule has 1 aliphatic heterocycles. The molecule has 1 aromatic carbocycles. The van der Waals surface area contributed by atoms with Gasteiger partial charge in [0.15, 0.2) is 0 Å².